The Labute approximate surface area is 108 Å². The van der Waals surface area contributed by atoms with Gasteiger partial charge in [-0.1, -0.05) is 51.9 Å². The van der Waals surface area contributed by atoms with Crippen LogP contribution in [0.3, 0.4) is 0 Å². The van der Waals surface area contributed by atoms with Crippen molar-refractivity contribution in [2.24, 2.45) is 11.5 Å². The fourth-order valence-electron chi connectivity index (χ4n) is 2.17. The predicted molar refractivity (Wildman–Crippen MR) is 77.2 cm³/mol. The van der Waals surface area contributed by atoms with Crippen molar-refractivity contribution in [2.45, 2.75) is 58.3 Å². The van der Waals surface area contributed by atoms with Crippen molar-refractivity contribution in [3.63, 3.8) is 0 Å². The molecule has 0 spiro atoms. The van der Waals surface area contributed by atoms with Crippen molar-refractivity contribution in [1.29, 1.82) is 0 Å². The molecule has 104 valence electrons. The molecule has 0 rings (SSSR count). The molecule has 0 unspecified atom stereocenters. The van der Waals surface area contributed by atoms with Crippen LogP contribution in [0.5, 0.6) is 0 Å². The summed E-state index contributed by atoms with van der Waals surface area (Å²) in [5, 5.41) is 0. The van der Waals surface area contributed by atoms with E-state index in [4.69, 9.17) is 11.5 Å². The number of rotatable bonds is 13. The SMILES string of the molecule is CCCCCCCCCCN(CCN)CCN. The van der Waals surface area contributed by atoms with Crippen LogP contribution in [0.15, 0.2) is 0 Å². The van der Waals surface area contributed by atoms with Crippen LogP contribution in [0.25, 0.3) is 0 Å². The highest BCUT2D eigenvalue weighted by Crippen LogP contribution is 2.08. The molecule has 0 radical (unpaired) electrons. The molecule has 3 heteroatoms. The Morgan fingerprint density at radius 3 is 1.59 bits per heavy atom. The van der Waals surface area contributed by atoms with E-state index in [0.29, 0.717) is 0 Å². The van der Waals surface area contributed by atoms with Gasteiger partial charge in [0, 0.05) is 26.2 Å². The van der Waals surface area contributed by atoms with Crippen LogP contribution in [0.4, 0.5) is 0 Å². The summed E-state index contributed by atoms with van der Waals surface area (Å²) in [6.45, 7) is 6.92. The van der Waals surface area contributed by atoms with E-state index >= 15 is 0 Å². The Kier molecular flexibility index (Phi) is 13.8. The lowest BCUT2D eigenvalue weighted by Crippen LogP contribution is -2.34. The summed E-state index contributed by atoms with van der Waals surface area (Å²) in [7, 11) is 0. The van der Waals surface area contributed by atoms with Gasteiger partial charge in [-0.25, -0.2) is 0 Å². The Bertz CT molecular complexity index is 133. The first kappa shape index (κ1) is 16.9. The van der Waals surface area contributed by atoms with E-state index in [-0.39, 0.29) is 0 Å². The maximum Gasteiger partial charge on any atom is 0.0105 e. The Morgan fingerprint density at radius 1 is 0.647 bits per heavy atom. The first-order chi connectivity index (χ1) is 8.35. The van der Waals surface area contributed by atoms with Gasteiger partial charge in [0.25, 0.3) is 0 Å². The van der Waals surface area contributed by atoms with Crippen LogP contribution in [0.1, 0.15) is 58.3 Å². The molecule has 0 aromatic heterocycles. The lowest BCUT2D eigenvalue weighted by atomic mass is 10.1. The summed E-state index contributed by atoms with van der Waals surface area (Å²) in [5.74, 6) is 0. The number of unbranched alkanes of at least 4 members (excludes halogenated alkanes) is 7. The van der Waals surface area contributed by atoms with Crippen LogP contribution in [-0.4, -0.2) is 37.6 Å². The van der Waals surface area contributed by atoms with E-state index in [2.05, 4.69) is 11.8 Å². The lowest BCUT2D eigenvalue weighted by Gasteiger charge is -2.20. The summed E-state index contributed by atoms with van der Waals surface area (Å²) in [5.41, 5.74) is 11.2. The molecule has 0 amide bonds. The zero-order valence-electron chi connectivity index (χ0n) is 11.8. The van der Waals surface area contributed by atoms with Gasteiger partial charge in [-0.05, 0) is 13.0 Å². The average Bonchev–Trinajstić information content (AvgIpc) is 2.33. The van der Waals surface area contributed by atoms with Crippen molar-refractivity contribution in [2.75, 3.05) is 32.7 Å². The fourth-order valence-corrected chi connectivity index (χ4v) is 2.17. The number of nitrogens with zero attached hydrogens (tertiary/aromatic N) is 1. The smallest absolute Gasteiger partial charge is 0.0105 e. The number of hydrogen-bond acceptors (Lipinski definition) is 3. The standard InChI is InChI=1S/C14H33N3/c1-2-3-4-5-6-7-8-9-12-17(13-10-15)14-11-16/h2-16H2,1H3. The third kappa shape index (κ3) is 12.1. The molecule has 0 aromatic carbocycles. The second-order valence-electron chi connectivity index (χ2n) is 4.89. The third-order valence-electron chi connectivity index (χ3n) is 3.22. The van der Waals surface area contributed by atoms with Gasteiger partial charge < -0.3 is 16.4 Å². The second kappa shape index (κ2) is 13.9. The van der Waals surface area contributed by atoms with E-state index < -0.39 is 0 Å². The van der Waals surface area contributed by atoms with Gasteiger partial charge in [-0.2, -0.15) is 0 Å². The van der Waals surface area contributed by atoms with Gasteiger partial charge in [0.15, 0.2) is 0 Å². The third-order valence-corrected chi connectivity index (χ3v) is 3.22. The topological polar surface area (TPSA) is 55.3 Å². The van der Waals surface area contributed by atoms with Crippen LogP contribution in [0, 0.1) is 0 Å². The minimum absolute atomic E-state index is 0.747. The van der Waals surface area contributed by atoms with Crippen LogP contribution >= 0.6 is 0 Å². The number of hydrogen-bond donors (Lipinski definition) is 2. The maximum absolute atomic E-state index is 5.58. The van der Waals surface area contributed by atoms with Crippen LogP contribution < -0.4 is 11.5 Å². The molecular weight excluding hydrogens is 210 g/mol. The van der Waals surface area contributed by atoms with Gasteiger partial charge in [-0.3, -0.25) is 0 Å². The average molecular weight is 243 g/mol. The van der Waals surface area contributed by atoms with Gasteiger partial charge in [-0.15, -0.1) is 0 Å². The first-order valence-electron chi connectivity index (χ1n) is 7.47. The zero-order chi connectivity index (χ0) is 12.8. The first-order valence-corrected chi connectivity index (χ1v) is 7.47. The number of nitrogens with two attached hydrogens (primary N) is 2. The summed E-state index contributed by atoms with van der Waals surface area (Å²) >= 11 is 0. The van der Waals surface area contributed by atoms with Crippen molar-refractivity contribution in [3.05, 3.63) is 0 Å². The maximum atomic E-state index is 5.58. The molecule has 0 aliphatic rings. The van der Waals surface area contributed by atoms with E-state index in [9.17, 15) is 0 Å². The molecule has 0 aliphatic heterocycles. The summed E-state index contributed by atoms with van der Waals surface area (Å²) in [6.07, 6.45) is 11.0. The minimum Gasteiger partial charge on any atom is -0.329 e. The van der Waals surface area contributed by atoms with Gasteiger partial charge in [0.05, 0.1) is 0 Å². The van der Waals surface area contributed by atoms with Gasteiger partial charge in [0.1, 0.15) is 0 Å². The Balaban J connectivity index is 3.23. The molecule has 0 fully saturated rings. The van der Waals surface area contributed by atoms with E-state index in [1.807, 2.05) is 0 Å². The second-order valence-corrected chi connectivity index (χ2v) is 4.89. The lowest BCUT2D eigenvalue weighted by molar-refractivity contribution is 0.281. The van der Waals surface area contributed by atoms with Crippen molar-refractivity contribution >= 4 is 0 Å². The quantitative estimate of drug-likeness (QED) is 0.488. The molecule has 0 atom stereocenters. The summed E-state index contributed by atoms with van der Waals surface area (Å²) < 4.78 is 0. The van der Waals surface area contributed by atoms with Crippen molar-refractivity contribution in [1.82, 2.24) is 4.90 Å². The van der Waals surface area contributed by atoms with Crippen LogP contribution in [0.2, 0.25) is 0 Å². The minimum atomic E-state index is 0.747. The zero-order valence-corrected chi connectivity index (χ0v) is 11.8. The molecule has 0 saturated heterocycles. The molecular formula is C14H33N3. The summed E-state index contributed by atoms with van der Waals surface area (Å²) in [6, 6.07) is 0. The van der Waals surface area contributed by atoms with E-state index in [1.165, 1.54) is 57.9 Å². The highest BCUT2D eigenvalue weighted by atomic mass is 15.1. The van der Waals surface area contributed by atoms with Gasteiger partial charge >= 0.3 is 0 Å². The molecule has 0 heterocycles. The Morgan fingerprint density at radius 2 is 1.12 bits per heavy atom. The van der Waals surface area contributed by atoms with Crippen LogP contribution in [-0.2, 0) is 0 Å². The highest BCUT2D eigenvalue weighted by molar-refractivity contribution is 4.59. The molecule has 3 nitrogen and oxygen atoms in total. The molecule has 0 bridgehead atoms. The normalized spacial score (nSPS) is 11.3. The van der Waals surface area contributed by atoms with Gasteiger partial charge in [0.2, 0.25) is 0 Å². The molecule has 4 N–H and O–H groups in total. The Hall–Kier alpha value is -0.120. The van der Waals surface area contributed by atoms with E-state index in [1.54, 1.807) is 0 Å². The molecule has 17 heavy (non-hydrogen) atoms. The highest BCUT2D eigenvalue weighted by Gasteiger charge is 2.01. The molecule has 0 saturated carbocycles. The molecule has 0 aromatic rings. The van der Waals surface area contributed by atoms with Crippen molar-refractivity contribution in [3.8, 4) is 0 Å². The molecule has 0 aliphatic carbocycles. The van der Waals surface area contributed by atoms with E-state index in [0.717, 1.165) is 26.2 Å². The fraction of sp³-hybridized carbons (Fsp3) is 1.00. The van der Waals surface area contributed by atoms with Crippen molar-refractivity contribution < 1.29 is 0 Å². The summed E-state index contributed by atoms with van der Waals surface area (Å²) in [4.78, 5) is 2.39. The monoisotopic (exact) mass is 243 g/mol. The predicted octanol–water partition coefficient (Wildman–Crippen LogP) is 2.35. The largest absolute Gasteiger partial charge is 0.329 e.